The summed E-state index contributed by atoms with van der Waals surface area (Å²) in [5, 5.41) is 6.23. The average molecular weight is 264 g/mol. The summed E-state index contributed by atoms with van der Waals surface area (Å²) < 4.78 is 4.92. The quantitative estimate of drug-likeness (QED) is 0.674. The molecule has 0 saturated carbocycles. The predicted octanol–water partition coefficient (Wildman–Crippen LogP) is 2.55. The first-order valence-corrected chi connectivity index (χ1v) is 6.84. The van der Waals surface area contributed by atoms with Crippen molar-refractivity contribution in [3.05, 3.63) is 29.8 Å². The van der Waals surface area contributed by atoms with Crippen molar-refractivity contribution in [2.45, 2.75) is 32.7 Å². The molecule has 0 fully saturated rings. The van der Waals surface area contributed by atoms with Crippen molar-refractivity contribution in [2.24, 2.45) is 0 Å². The molecular formula is C15H24N2O2. The molecule has 0 aromatic heterocycles. The van der Waals surface area contributed by atoms with Crippen LogP contribution in [-0.4, -0.2) is 26.2 Å². The van der Waals surface area contributed by atoms with Crippen molar-refractivity contribution in [1.29, 1.82) is 0 Å². The van der Waals surface area contributed by atoms with Crippen molar-refractivity contribution in [2.75, 3.05) is 25.6 Å². The number of nitrogens with one attached hydrogen (secondary N) is 2. The second-order valence-electron chi connectivity index (χ2n) is 4.52. The summed E-state index contributed by atoms with van der Waals surface area (Å²) in [4.78, 5) is 11.6. The Bertz CT molecular complexity index is 363. The van der Waals surface area contributed by atoms with Gasteiger partial charge in [-0.3, -0.25) is 4.79 Å². The maximum absolute atomic E-state index is 11.6. The van der Waals surface area contributed by atoms with Crippen molar-refractivity contribution >= 4 is 11.6 Å². The number of hydrogen-bond acceptors (Lipinski definition) is 3. The Labute approximate surface area is 115 Å². The van der Waals surface area contributed by atoms with Crippen LogP contribution in [0.4, 0.5) is 5.69 Å². The Hall–Kier alpha value is -1.39. The lowest BCUT2D eigenvalue weighted by atomic mass is 10.2. The molecule has 0 aliphatic heterocycles. The second kappa shape index (κ2) is 9.53. The summed E-state index contributed by atoms with van der Waals surface area (Å²) in [5.74, 6) is 0.0360. The number of benzene rings is 1. The normalized spacial score (nSPS) is 10.4. The molecule has 2 N–H and O–H groups in total. The van der Waals surface area contributed by atoms with E-state index >= 15 is 0 Å². The van der Waals surface area contributed by atoms with Gasteiger partial charge in [0.2, 0.25) is 5.91 Å². The molecule has 0 unspecified atom stereocenters. The molecule has 0 saturated heterocycles. The monoisotopic (exact) mass is 264 g/mol. The van der Waals surface area contributed by atoms with Crippen LogP contribution in [0.3, 0.4) is 0 Å². The molecule has 4 nitrogen and oxygen atoms in total. The van der Waals surface area contributed by atoms with E-state index in [9.17, 15) is 4.79 Å². The maximum Gasteiger partial charge on any atom is 0.224 e. The Morgan fingerprint density at radius 1 is 1.26 bits per heavy atom. The molecule has 1 aromatic rings. The summed E-state index contributed by atoms with van der Waals surface area (Å²) in [6, 6.07) is 7.95. The van der Waals surface area contributed by atoms with Gasteiger partial charge >= 0.3 is 0 Å². The number of carbonyl (C=O) groups excluding carboxylic acids is 1. The second-order valence-corrected chi connectivity index (χ2v) is 4.52. The highest BCUT2D eigenvalue weighted by Gasteiger charge is 2.02. The topological polar surface area (TPSA) is 50.4 Å². The van der Waals surface area contributed by atoms with E-state index in [1.807, 2.05) is 24.3 Å². The Morgan fingerprint density at radius 2 is 2.00 bits per heavy atom. The highest BCUT2D eigenvalue weighted by atomic mass is 16.5. The van der Waals surface area contributed by atoms with Crippen molar-refractivity contribution < 1.29 is 9.53 Å². The highest BCUT2D eigenvalue weighted by molar-refractivity contribution is 5.90. The van der Waals surface area contributed by atoms with E-state index in [1.165, 1.54) is 5.56 Å². The first-order valence-electron chi connectivity index (χ1n) is 6.84. The van der Waals surface area contributed by atoms with Gasteiger partial charge in [-0.2, -0.15) is 0 Å². The lowest BCUT2D eigenvalue weighted by molar-refractivity contribution is -0.116. The molecule has 106 valence electrons. The Kier molecular flexibility index (Phi) is 7.86. The number of amides is 1. The largest absolute Gasteiger partial charge is 0.385 e. The third-order valence-corrected chi connectivity index (χ3v) is 2.75. The molecule has 4 heteroatoms. The van der Waals surface area contributed by atoms with E-state index < -0.39 is 0 Å². The fraction of sp³-hybridized carbons (Fsp3) is 0.533. The Balaban J connectivity index is 2.32. The van der Waals surface area contributed by atoms with E-state index in [2.05, 4.69) is 17.6 Å². The van der Waals surface area contributed by atoms with Gasteiger partial charge in [-0.15, -0.1) is 0 Å². The van der Waals surface area contributed by atoms with Gasteiger partial charge in [0.25, 0.3) is 0 Å². The van der Waals surface area contributed by atoms with Gasteiger partial charge in [-0.05, 0) is 37.1 Å². The number of hydrogen-bond donors (Lipinski definition) is 2. The van der Waals surface area contributed by atoms with Gasteiger partial charge in [0.1, 0.15) is 0 Å². The highest BCUT2D eigenvalue weighted by Crippen LogP contribution is 2.10. The lowest BCUT2D eigenvalue weighted by Crippen LogP contribution is -2.14. The van der Waals surface area contributed by atoms with Crippen LogP contribution in [-0.2, 0) is 16.1 Å². The summed E-state index contributed by atoms with van der Waals surface area (Å²) in [7, 11) is 1.64. The standard InChI is InChI=1S/C15H24N2O2/c1-3-10-16-12-13-6-8-14(9-7-13)17-15(18)5-4-11-19-2/h6-9,16H,3-5,10-12H2,1-2H3,(H,17,18). The van der Waals surface area contributed by atoms with Crippen LogP contribution < -0.4 is 10.6 Å². The molecule has 1 aromatic carbocycles. The van der Waals surface area contributed by atoms with Gasteiger partial charge in [0, 0.05) is 32.4 Å². The molecule has 0 atom stereocenters. The van der Waals surface area contributed by atoms with Crippen molar-refractivity contribution in [3.63, 3.8) is 0 Å². The predicted molar refractivity (Wildman–Crippen MR) is 78.2 cm³/mol. The molecule has 19 heavy (non-hydrogen) atoms. The zero-order valence-electron chi connectivity index (χ0n) is 11.9. The van der Waals surface area contributed by atoms with Gasteiger partial charge in [0.05, 0.1) is 0 Å². The molecule has 0 radical (unpaired) electrons. The number of rotatable bonds is 9. The van der Waals surface area contributed by atoms with Crippen LogP contribution in [0.1, 0.15) is 31.7 Å². The average Bonchev–Trinajstić information content (AvgIpc) is 2.41. The van der Waals surface area contributed by atoms with E-state index in [0.29, 0.717) is 13.0 Å². The molecule has 1 amide bonds. The minimum absolute atomic E-state index is 0.0360. The summed E-state index contributed by atoms with van der Waals surface area (Å²) >= 11 is 0. The fourth-order valence-corrected chi connectivity index (χ4v) is 1.72. The summed E-state index contributed by atoms with van der Waals surface area (Å²) in [5.41, 5.74) is 2.08. The fourth-order valence-electron chi connectivity index (χ4n) is 1.72. The van der Waals surface area contributed by atoms with Gasteiger partial charge in [-0.25, -0.2) is 0 Å². The van der Waals surface area contributed by atoms with Gasteiger partial charge in [-0.1, -0.05) is 19.1 Å². The Morgan fingerprint density at radius 3 is 2.63 bits per heavy atom. The minimum Gasteiger partial charge on any atom is -0.385 e. The third kappa shape index (κ3) is 6.94. The summed E-state index contributed by atoms with van der Waals surface area (Å²) in [6.45, 7) is 4.67. The molecule has 0 bridgehead atoms. The molecular weight excluding hydrogens is 240 g/mol. The van der Waals surface area contributed by atoms with Crippen LogP contribution in [0.2, 0.25) is 0 Å². The molecule has 0 spiro atoms. The molecule has 0 aliphatic carbocycles. The van der Waals surface area contributed by atoms with Crippen LogP contribution in [0, 0.1) is 0 Å². The van der Waals surface area contributed by atoms with E-state index in [0.717, 1.165) is 31.6 Å². The number of anilines is 1. The number of ether oxygens (including phenoxy) is 1. The first kappa shape index (κ1) is 15.7. The number of carbonyl (C=O) groups is 1. The smallest absolute Gasteiger partial charge is 0.224 e. The van der Waals surface area contributed by atoms with Gasteiger partial charge < -0.3 is 15.4 Å². The zero-order valence-corrected chi connectivity index (χ0v) is 11.9. The maximum atomic E-state index is 11.6. The minimum atomic E-state index is 0.0360. The lowest BCUT2D eigenvalue weighted by Gasteiger charge is -2.07. The van der Waals surface area contributed by atoms with E-state index in [4.69, 9.17) is 4.74 Å². The van der Waals surface area contributed by atoms with Crippen LogP contribution in [0.25, 0.3) is 0 Å². The van der Waals surface area contributed by atoms with Crippen molar-refractivity contribution in [3.8, 4) is 0 Å². The van der Waals surface area contributed by atoms with E-state index in [-0.39, 0.29) is 5.91 Å². The number of methoxy groups -OCH3 is 1. The van der Waals surface area contributed by atoms with Crippen LogP contribution >= 0.6 is 0 Å². The third-order valence-electron chi connectivity index (χ3n) is 2.75. The molecule has 1 rings (SSSR count). The zero-order chi connectivity index (χ0) is 13.9. The van der Waals surface area contributed by atoms with Crippen LogP contribution in [0.15, 0.2) is 24.3 Å². The van der Waals surface area contributed by atoms with E-state index in [1.54, 1.807) is 7.11 Å². The summed E-state index contributed by atoms with van der Waals surface area (Å²) in [6.07, 6.45) is 2.38. The first-order chi connectivity index (χ1) is 9.26. The van der Waals surface area contributed by atoms with Gasteiger partial charge in [0.15, 0.2) is 0 Å². The SMILES string of the molecule is CCCNCc1ccc(NC(=O)CCCOC)cc1. The van der Waals surface area contributed by atoms with Crippen LogP contribution in [0.5, 0.6) is 0 Å². The van der Waals surface area contributed by atoms with Crippen molar-refractivity contribution in [1.82, 2.24) is 5.32 Å². The molecule has 0 heterocycles. The molecule has 0 aliphatic rings.